The average Bonchev–Trinajstić information content (AvgIpc) is 2.88. The highest BCUT2D eigenvalue weighted by Crippen LogP contribution is 2.39. The summed E-state index contributed by atoms with van der Waals surface area (Å²) in [5.41, 5.74) is 7.11. The third kappa shape index (κ3) is 2.43. The van der Waals surface area contributed by atoms with E-state index in [1.165, 1.54) is 0 Å². The molecule has 1 fully saturated rings. The van der Waals surface area contributed by atoms with Crippen LogP contribution in [0.1, 0.15) is 43.6 Å². The summed E-state index contributed by atoms with van der Waals surface area (Å²) in [6, 6.07) is 0.233. The van der Waals surface area contributed by atoms with Gasteiger partial charge in [-0.05, 0) is 55.6 Å². The van der Waals surface area contributed by atoms with Gasteiger partial charge in [0.25, 0.3) is 0 Å². The maximum atomic E-state index is 11.8. The summed E-state index contributed by atoms with van der Waals surface area (Å²) in [6.45, 7) is 6.77. The topological polar surface area (TPSA) is 72.9 Å². The van der Waals surface area contributed by atoms with Gasteiger partial charge in [0.2, 0.25) is 5.91 Å². The Hall–Kier alpha value is -0.880. The van der Waals surface area contributed by atoms with Gasteiger partial charge in [0, 0.05) is 0 Å². The van der Waals surface area contributed by atoms with Crippen molar-refractivity contribution in [2.45, 2.75) is 51.6 Å². The molecule has 5 nitrogen and oxygen atoms in total. The van der Waals surface area contributed by atoms with Crippen molar-refractivity contribution >= 4 is 21.8 Å². The molecule has 1 aliphatic carbocycles. The number of nitrogens with one attached hydrogen (secondary N) is 1. The van der Waals surface area contributed by atoms with Crippen LogP contribution in [0.3, 0.4) is 0 Å². The molecule has 1 aromatic heterocycles. The molecule has 2 atom stereocenters. The Morgan fingerprint density at radius 1 is 1.63 bits per heavy atom. The van der Waals surface area contributed by atoms with Gasteiger partial charge in [-0.25, -0.2) is 0 Å². The smallest absolute Gasteiger partial charge is 0.237 e. The van der Waals surface area contributed by atoms with Crippen LogP contribution in [0.5, 0.6) is 0 Å². The minimum Gasteiger partial charge on any atom is -0.368 e. The zero-order chi connectivity index (χ0) is 14.2. The lowest BCUT2D eigenvalue weighted by Crippen LogP contribution is -2.53. The Kier molecular flexibility index (Phi) is 4.01. The predicted molar refractivity (Wildman–Crippen MR) is 77.9 cm³/mol. The third-order valence-electron chi connectivity index (χ3n) is 4.06. The molecule has 1 aliphatic rings. The maximum Gasteiger partial charge on any atom is 0.237 e. The lowest BCUT2D eigenvalue weighted by Gasteiger charge is -2.26. The van der Waals surface area contributed by atoms with Crippen molar-refractivity contribution in [2.75, 3.05) is 6.54 Å². The highest BCUT2D eigenvalue weighted by atomic mass is 79.9. The Balaban J connectivity index is 2.26. The number of nitrogens with zero attached hydrogens (tertiary/aromatic N) is 2. The largest absolute Gasteiger partial charge is 0.368 e. The Morgan fingerprint density at radius 2 is 2.32 bits per heavy atom. The number of carbonyl (C=O) groups is 1. The van der Waals surface area contributed by atoms with E-state index in [9.17, 15) is 4.79 Å². The molecule has 2 rings (SSSR count). The Labute approximate surface area is 122 Å². The zero-order valence-electron chi connectivity index (χ0n) is 11.7. The highest BCUT2D eigenvalue weighted by molar-refractivity contribution is 9.10. The number of halogens is 1. The first-order valence-electron chi connectivity index (χ1n) is 6.67. The van der Waals surface area contributed by atoms with Gasteiger partial charge in [0.05, 0.1) is 27.4 Å². The summed E-state index contributed by atoms with van der Waals surface area (Å²) in [5.74, 6) is -0.252. The number of aromatic nitrogens is 2. The Morgan fingerprint density at radius 3 is 2.79 bits per heavy atom. The molecule has 6 heteroatoms. The minimum absolute atomic E-state index is 0.233. The summed E-state index contributed by atoms with van der Waals surface area (Å²) in [5, 5.41) is 7.84. The molecule has 2 unspecified atom stereocenters. The van der Waals surface area contributed by atoms with Gasteiger partial charge in [0.15, 0.2) is 0 Å². The van der Waals surface area contributed by atoms with Crippen LogP contribution in [0.15, 0.2) is 4.47 Å². The van der Waals surface area contributed by atoms with Gasteiger partial charge in [-0.15, -0.1) is 0 Å². The fourth-order valence-corrected chi connectivity index (χ4v) is 3.30. The quantitative estimate of drug-likeness (QED) is 0.885. The van der Waals surface area contributed by atoms with E-state index < -0.39 is 5.54 Å². The first-order valence-corrected chi connectivity index (χ1v) is 7.46. The van der Waals surface area contributed by atoms with Gasteiger partial charge < -0.3 is 11.1 Å². The molecule has 0 bridgehead atoms. The van der Waals surface area contributed by atoms with Crippen molar-refractivity contribution in [3.05, 3.63) is 15.9 Å². The van der Waals surface area contributed by atoms with Crippen LogP contribution in [0.2, 0.25) is 0 Å². The van der Waals surface area contributed by atoms with Crippen molar-refractivity contribution in [1.29, 1.82) is 0 Å². The molecule has 1 heterocycles. The summed E-state index contributed by atoms with van der Waals surface area (Å²) >= 11 is 3.54. The van der Waals surface area contributed by atoms with E-state index in [4.69, 9.17) is 5.73 Å². The number of amides is 1. The molecule has 19 heavy (non-hydrogen) atoms. The van der Waals surface area contributed by atoms with Gasteiger partial charge in [-0.2, -0.15) is 5.10 Å². The number of likely N-dealkylation sites (N-methyl/N-ethyl adjacent to an activating group) is 1. The molecule has 1 saturated carbocycles. The summed E-state index contributed by atoms with van der Waals surface area (Å²) < 4.78 is 3.08. The van der Waals surface area contributed by atoms with E-state index in [0.29, 0.717) is 6.42 Å². The monoisotopic (exact) mass is 328 g/mol. The lowest BCUT2D eigenvalue weighted by molar-refractivity contribution is -0.124. The van der Waals surface area contributed by atoms with Crippen molar-refractivity contribution in [3.8, 4) is 0 Å². The van der Waals surface area contributed by atoms with E-state index in [-0.39, 0.29) is 11.9 Å². The number of hydrogen-bond donors (Lipinski definition) is 2. The van der Waals surface area contributed by atoms with Crippen LogP contribution in [0, 0.1) is 13.8 Å². The average molecular weight is 329 g/mol. The number of aryl methyl sites for hydroxylation is 1. The number of nitrogens with two attached hydrogens (primary N) is 1. The van der Waals surface area contributed by atoms with E-state index in [1.807, 2.05) is 25.5 Å². The second kappa shape index (κ2) is 5.25. The van der Waals surface area contributed by atoms with E-state index in [0.717, 1.165) is 35.2 Å². The summed E-state index contributed by atoms with van der Waals surface area (Å²) in [4.78, 5) is 11.8. The van der Waals surface area contributed by atoms with Crippen molar-refractivity contribution in [2.24, 2.45) is 5.73 Å². The molecule has 1 amide bonds. The molecule has 0 spiro atoms. The van der Waals surface area contributed by atoms with Crippen molar-refractivity contribution in [3.63, 3.8) is 0 Å². The van der Waals surface area contributed by atoms with Gasteiger partial charge in [-0.1, -0.05) is 6.92 Å². The van der Waals surface area contributed by atoms with Crippen LogP contribution < -0.4 is 11.1 Å². The molecule has 0 saturated heterocycles. The van der Waals surface area contributed by atoms with Gasteiger partial charge in [0.1, 0.15) is 0 Å². The van der Waals surface area contributed by atoms with Crippen LogP contribution in [0.4, 0.5) is 0 Å². The molecule has 0 radical (unpaired) electrons. The maximum absolute atomic E-state index is 11.8. The number of carbonyl (C=O) groups excluding carboxylic acids is 1. The second-order valence-electron chi connectivity index (χ2n) is 5.30. The minimum atomic E-state index is -0.571. The first kappa shape index (κ1) is 14.5. The first-order chi connectivity index (χ1) is 8.91. The highest BCUT2D eigenvalue weighted by Gasteiger charge is 2.44. The predicted octanol–water partition coefficient (Wildman–Crippen LogP) is 1.82. The molecule has 0 aliphatic heterocycles. The standard InChI is InChI=1S/C13H21BrN4O/c1-4-16-13(12(15)19)6-5-10(7-13)18-9(3)11(14)8(2)17-18/h10,16H,4-7H2,1-3H3,(H2,15,19). The fraction of sp³-hybridized carbons (Fsp3) is 0.692. The Bertz CT molecular complexity index is 499. The van der Waals surface area contributed by atoms with Gasteiger partial charge in [-0.3, -0.25) is 9.48 Å². The van der Waals surface area contributed by atoms with E-state index in [1.54, 1.807) is 0 Å². The van der Waals surface area contributed by atoms with Crippen molar-refractivity contribution in [1.82, 2.24) is 15.1 Å². The van der Waals surface area contributed by atoms with Crippen molar-refractivity contribution < 1.29 is 4.79 Å². The molecular formula is C13H21BrN4O. The normalized spacial score (nSPS) is 26.8. The van der Waals surface area contributed by atoms with Crippen LogP contribution in [0.25, 0.3) is 0 Å². The number of hydrogen-bond acceptors (Lipinski definition) is 3. The van der Waals surface area contributed by atoms with E-state index in [2.05, 4.69) is 26.3 Å². The van der Waals surface area contributed by atoms with Gasteiger partial charge >= 0.3 is 0 Å². The number of rotatable bonds is 4. The van der Waals surface area contributed by atoms with E-state index >= 15 is 0 Å². The van der Waals surface area contributed by atoms with Crippen LogP contribution >= 0.6 is 15.9 Å². The number of primary amides is 1. The molecule has 1 aromatic rings. The summed E-state index contributed by atoms with van der Waals surface area (Å²) in [7, 11) is 0. The molecule has 0 aromatic carbocycles. The summed E-state index contributed by atoms with van der Waals surface area (Å²) in [6.07, 6.45) is 2.41. The van der Waals surface area contributed by atoms with Crippen LogP contribution in [-0.2, 0) is 4.79 Å². The molecular weight excluding hydrogens is 308 g/mol. The molecule has 106 valence electrons. The third-order valence-corrected chi connectivity index (χ3v) is 5.21. The second-order valence-corrected chi connectivity index (χ2v) is 6.10. The lowest BCUT2D eigenvalue weighted by atomic mass is 9.96. The zero-order valence-corrected chi connectivity index (χ0v) is 13.2. The molecule has 3 N–H and O–H groups in total. The SMILES string of the molecule is CCNC1(C(N)=O)CCC(n2nc(C)c(Br)c2C)C1. The fourth-order valence-electron chi connectivity index (χ4n) is 3.04. The van der Waals surface area contributed by atoms with Crippen LogP contribution in [-0.4, -0.2) is 27.8 Å².